The van der Waals surface area contributed by atoms with Crippen molar-refractivity contribution in [1.82, 2.24) is 0 Å². The Labute approximate surface area is 145 Å². The number of aliphatic hydroxyl groups is 4. The van der Waals surface area contributed by atoms with Crippen LogP contribution in [0, 0.1) is 34.5 Å². The van der Waals surface area contributed by atoms with Gasteiger partial charge in [-0.3, -0.25) is 0 Å². The summed E-state index contributed by atoms with van der Waals surface area (Å²) in [5.74, 6) is 1.06. The van der Waals surface area contributed by atoms with Crippen LogP contribution in [0.4, 0.5) is 0 Å². The quantitative estimate of drug-likeness (QED) is 0.590. The molecule has 0 aromatic carbocycles. The van der Waals surface area contributed by atoms with Crippen LogP contribution in [0.3, 0.4) is 0 Å². The highest BCUT2D eigenvalue weighted by Gasteiger charge is 2.70. The van der Waals surface area contributed by atoms with Gasteiger partial charge >= 0.3 is 0 Å². The lowest BCUT2D eigenvalue weighted by atomic mass is 9.42. The normalized spacial score (nSPS) is 60.2. The minimum absolute atomic E-state index is 0.00263. The van der Waals surface area contributed by atoms with Crippen LogP contribution >= 0.6 is 0 Å². The SMILES string of the molecule is C[C@]12CC[C@H](O)C[C@H]1CC[C@@H]1[C@@H]2C[C@@H](O)[C@]2(C)[C@@H](CO)CC[C@]12O. The molecule has 0 radical (unpaired) electrons. The first kappa shape index (κ1) is 17.3. The van der Waals surface area contributed by atoms with Gasteiger partial charge in [0, 0.05) is 12.0 Å². The molecule has 0 aromatic rings. The fraction of sp³-hybridized carbons (Fsp3) is 1.00. The van der Waals surface area contributed by atoms with Gasteiger partial charge in [0.25, 0.3) is 0 Å². The Hall–Kier alpha value is -0.160. The van der Waals surface area contributed by atoms with Gasteiger partial charge in [0.2, 0.25) is 0 Å². The van der Waals surface area contributed by atoms with Crippen molar-refractivity contribution in [3.8, 4) is 0 Å². The minimum atomic E-state index is -0.854. The van der Waals surface area contributed by atoms with E-state index in [1.54, 1.807) is 0 Å². The molecule has 0 unspecified atom stereocenters. The summed E-state index contributed by atoms with van der Waals surface area (Å²) in [5.41, 5.74) is -1.31. The van der Waals surface area contributed by atoms with E-state index < -0.39 is 17.1 Å². The molecule has 0 heterocycles. The average Bonchev–Trinajstić information content (AvgIpc) is 2.82. The number of aliphatic hydroxyl groups excluding tert-OH is 3. The van der Waals surface area contributed by atoms with E-state index in [9.17, 15) is 20.4 Å². The Morgan fingerprint density at radius 3 is 2.38 bits per heavy atom. The molecular formula is C20H34O4. The number of hydrogen-bond donors (Lipinski definition) is 4. The highest BCUT2D eigenvalue weighted by molar-refractivity contribution is 5.19. The van der Waals surface area contributed by atoms with Gasteiger partial charge in [-0.25, -0.2) is 0 Å². The lowest BCUT2D eigenvalue weighted by Crippen LogP contribution is -2.67. The third-order valence-electron chi connectivity index (χ3n) is 9.32. The van der Waals surface area contributed by atoms with Crippen LogP contribution < -0.4 is 0 Å². The Morgan fingerprint density at radius 1 is 0.917 bits per heavy atom. The van der Waals surface area contributed by atoms with Gasteiger partial charge in [-0.15, -0.1) is 0 Å². The molecule has 0 saturated heterocycles. The summed E-state index contributed by atoms with van der Waals surface area (Å²) in [6, 6.07) is 0. The maximum absolute atomic E-state index is 11.8. The molecule has 4 aliphatic carbocycles. The fourth-order valence-electron chi connectivity index (χ4n) is 7.61. The van der Waals surface area contributed by atoms with Crippen molar-refractivity contribution in [3.63, 3.8) is 0 Å². The first-order chi connectivity index (χ1) is 11.3. The molecule has 4 fully saturated rings. The molecule has 24 heavy (non-hydrogen) atoms. The van der Waals surface area contributed by atoms with Crippen LogP contribution in [-0.2, 0) is 0 Å². The number of fused-ring (bicyclic) bond motifs is 5. The molecular weight excluding hydrogens is 304 g/mol. The third kappa shape index (κ3) is 1.94. The lowest BCUT2D eigenvalue weighted by Gasteiger charge is -2.64. The summed E-state index contributed by atoms with van der Waals surface area (Å²) >= 11 is 0. The highest BCUT2D eigenvalue weighted by Crippen LogP contribution is 2.68. The molecule has 4 nitrogen and oxygen atoms in total. The molecule has 4 saturated carbocycles. The van der Waals surface area contributed by atoms with Crippen molar-refractivity contribution < 1.29 is 20.4 Å². The summed E-state index contributed by atoms with van der Waals surface area (Å²) in [7, 11) is 0. The van der Waals surface area contributed by atoms with Gasteiger partial charge in [-0.1, -0.05) is 13.8 Å². The van der Waals surface area contributed by atoms with Crippen LogP contribution in [0.25, 0.3) is 0 Å². The second-order valence-electron chi connectivity index (χ2n) is 9.80. The molecule has 4 N–H and O–H groups in total. The van der Waals surface area contributed by atoms with Crippen LogP contribution in [0.2, 0.25) is 0 Å². The minimum Gasteiger partial charge on any atom is -0.396 e. The lowest BCUT2D eigenvalue weighted by molar-refractivity contribution is -0.249. The third-order valence-corrected chi connectivity index (χ3v) is 9.32. The van der Waals surface area contributed by atoms with Gasteiger partial charge in [0.1, 0.15) is 0 Å². The van der Waals surface area contributed by atoms with Crippen molar-refractivity contribution in [2.45, 2.75) is 83.0 Å². The summed E-state index contributed by atoms with van der Waals surface area (Å²) < 4.78 is 0. The summed E-state index contributed by atoms with van der Waals surface area (Å²) in [5, 5.41) is 42.8. The molecule has 0 spiro atoms. The highest BCUT2D eigenvalue weighted by atomic mass is 16.3. The predicted octanol–water partition coefficient (Wildman–Crippen LogP) is 2.08. The molecule has 0 bridgehead atoms. The molecule has 4 aliphatic rings. The van der Waals surface area contributed by atoms with E-state index in [1.165, 1.54) is 0 Å². The first-order valence-electron chi connectivity index (χ1n) is 9.96. The maximum Gasteiger partial charge on any atom is 0.0760 e. The van der Waals surface area contributed by atoms with Crippen LogP contribution in [0.15, 0.2) is 0 Å². The Balaban J connectivity index is 1.71. The molecule has 0 aliphatic heterocycles. The fourth-order valence-corrected chi connectivity index (χ4v) is 7.61. The van der Waals surface area contributed by atoms with E-state index in [0.29, 0.717) is 18.3 Å². The van der Waals surface area contributed by atoms with E-state index >= 15 is 0 Å². The predicted molar refractivity (Wildman–Crippen MR) is 91.2 cm³/mol. The maximum atomic E-state index is 11.8. The molecule has 4 rings (SSSR count). The number of hydrogen-bond acceptors (Lipinski definition) is 4. The van der Waals surface area contributed by atoms with E-state index in [2.05, 4.69) is 6.92 Å². The molecule has 4 heteroatoms. The van der Waals surface area contributed by atoms with Gasteiger partial charge in [0.15, 0.2) is 0 Å². The monoisotopic (exact) mass is 338 g/mol. The zero-order valence-electron chi connectivity index (χ0n) is 15.1. The largest absolute Gasteiger partial charge is 0.396 e. The van der Waals surface area contributed by atoms with Crippen molar-refractivity contribution in [2.24, 2.45) is 34.5 Å². The zero-order chi connectivity index (χ0) is 17.3. The van der Waals surface area contributed by atoms with E-state index in [0.717, 1.165) is 44.9 Å². The summed E-state index contributed by atoms with van der Waals surface area (Å²) in [6.45, 7) is 4.41. The molecule has 0 amide bonds. The Morgan fingerprint density at radius 2 is 1.67 bits per heavy atom. The summed E-state index contributed by atoms with van der Waals surface area (Å²) in [4.78, 5) is 0. The average molecular weight is 338 g/mol. The van der Waals surface area contributed by atoms with E-state index in [4.69, 9.17) is 0 Å². The zero-order valence-corrected chi connectivity index (χ0v) is 15.1. The smallest absolute Gasteiger partial charge is 0.0760 e. The van der Waals surface area contributed by atoms with E-state index in [1.807, 2.05) is 6.92 Å². The molecule has 138 valence electrons. The van der Waals surface area contributed by atoms with Crippen LogP contribution in [0.5, 0.6) is 0 Å². The van der Waals surface area contributed by atoms with Gasteiger partial charge in [-0.05, 0) is 80.5 Å². The second kappa shape index (κ2) is 5.42. The number of rotatable bonds is 1. The Kier molecular flexibility index (Phi) is 3.90. The van der Waals surface area contributed by atoms with Gasteiger partial charge in [-0.2, -0.15) is 0 Å². The van der Waals surface area contributed by atoms with Crippen molar-refractivity contribution in [1.29, 1.82) is 0 Å². The topological polar surface area (TPSA) is 80.9 Å². The summed E-state index contributed by atoms with van der Waals surface area (Å²) in [6.07, 6.45) is 6.33. The van der Waals surface area contributed by atoms with Gasteiger partial charge < -0.3 is 20.4 Å². The Bertz CT molecular complexity index is 510. The second-order valence-corrected chi connectivity index (χ2v) is 9.80. The first-order valence-corrected chi connectivity index (χ1v) is 9.96. The molecule has 9 atom stereocenters. The van der Waals surface area contributed by atoms with Crippen molar-refractivity contribution in [2.75, 3.05) is 6.61 Å². The molecule has 0 aromatic heterocycles. The van der Waals surface area contributed by atoms with E-state index in [-0.39, 0.29) is 30.0 Å². The van der Waals surface area contributed by atoms with Crippen LogP contribution in [0.1, 0.15) is 65.2 Å². The van der Waals surface area contributed by atoms with Crippen LogP contribution in [-0.4, -0.2) is 44.8 Å². The van der Waals surface area contributed by atoms with Crippen molar-refractivity contribution >= 4 is 0 Å². The van der Waals surface area contributed by atoms with Gasteiger partial charge in [0.05, 0.1) is 17.8 Å². The standard InChI is InChI=1S/C20H34O4/c1-18-7-6-14(22)9-12(18)3-4-15-16(18)10-17(23)19(2)13(11-21)5-8-20(15,19)24/h12-17,21-24H,3-11H2,1-2H3/t12-,13-,14+,15-,16+,17-,18+,19+,20+/m1/s1. The van der Waals surface area contributed by atoms with Crippen molar-refractivity contribution in [3.05, 3.63) is 0 Å².